The number of benzene rings is 2. The molecule has 0 unspecified atom stereocenters. The van der Waals surface area contributed by atoms with Crippen LogP contribution in [-0.4, -0.2) is 17.6 Å². The second-order valence-corrected chi connectivity index (χ2v) is 7.53. The predicted molar refractivity (Wildman–Crippen MR) is 113 cm³/mol. The number of halogens is 1. The van der Waals surface area contributed by atoms with Crippen molar-refractivity contribution in [3.63, 3.8) is 0 Å². The lowest BCUT2D eigenvalue weighted by Gasteiger charge is -2.15. The third-order valence-corrected chi connectivity index (χ3v) is 5.30. The fraction of sp³-hybridized carbons (Fsp3) is 0.182. The van der Waals surface area contributed by atoms with Gasteiger partial charge in [0.05, 0.1) is 13.3 Å². The van der Waals surface area contributed by atoms with Crippen LogP contribution in [0.5, 0.6) is 5.75 Å². The third kappa shape index (κ3) is 5.71. The van der Waals surface area contributed by atoms with E-state index in [1.165, 1.54) is 43.3 Å². The summed E-state index contributed by atoms with van der Waals surface area (Å²) in [4.78, 5) is 25.6. The zero-order valence-electron chi connectivity index (χ0n) is 16.1. The van der Waals surface area contributed by atoms with E-state index in [0.29, 0.717) is 17.1 Å². The molecule has 0 aliphatic heterocycles. The number of rotatable bonds is 7. The second kappa shape index (κ2) is 9.43. The summed E-state index contributed by atoms with van der Waals surface area (Å²) in [6.07, 6.45) is 1.54. The number of amides is 1. The number of hydrogen-bond acceptors (Lipinski definition) is 4. The zero-order valence-corrected chi connectivity index (χ0v) is 17.0. The van der Waals surface area contributed by atoms with Gasteiger partial charge < -0.3 is 14.6 Å². The van der Waals surface area contributed by atoms with Gasteiger partial charge in [-0.2, -0.15) is 0 Å². The van der Waals surface area contributed by atoms with Crippen LogP contribution in [0.15, 0.2) is 70.5 Å². The highest BCUT2D eigenvalue weighted by atomic mass is 32.2. The minimum absolute atomic E-state index is 0.0316. The molecule has 0 fully saturated rings. The Morgan fingerprint density at radius 1 is 1.14 bits per heavy atom. The van der Waals surface area contributed by atoms with E-state index in [1.54, 1.807) is 16.7 Å². The Hall–Kier alpha value is -3.06. The summed E-state index contributed by atoms with van der Waals surface area (Å²) in [6.45, 7) is 2.01. The van der Waals surface area contributed by atoms with Crippen LogP contribution in [0.4, 0.5) is 10.1 Å². The largest absolute Gasteiger partial charge is 0.491 e. The molecule has 150 valence electrons. The van der Waals surface area contributed by atoms with E-state index in [2.05, 4.69) is 5.32 Å². The highest BCUT2D eigenvalue weighted by molar-refractivity contribution is 7.98. The summed E-state index contributed by atoms with van der Waals surface area (Å²) >= 11 is 1.45. The number of pyridine rings is 1. The van der Waals surface area contributed by atoms with Crippen LogP contribution in [-0.2, 0) is 17.1 Å². The Bertz CT molecular complexity index is 1050. The summed E-state index contributed by atoms with van der Waals surface area (Å²) in [6, 6.07) is 15.1. The topological polar surface area (TPSA) is 60.3 Å². The molecule has 1 heterocycles. The number of carbonyl (C=O) groups is 1. The van der Waals surface area contributed by atoms with Crippen molar-refractivity contribution < 1.29 is 13.9 Å². The first kappa shape index (κ1) is 20.7. The zero-order chi connectivity index (χ0) is 20.8. The van der Waals surface area contributed by atoms with E-state index < -0.39 is 0 Å². The average Bonchev–Trinajstić information content (AvgIpc) is 2.70. The van der Waals surface area contributed by atoms with E-state index >= 15 is 0 Å². The summed E-state index contributed by atoms with van der Waals surface area (Å²) in [5.41, 5.74) is 2.23. The standard InChI is InChI=1S/C22H21FN2O3S/c1-15-3-7-17(8-4-15)24-22(27)13-25-12-21(28-2)20(26)11-18(25)14-29-19-9-5-16(23)6-10-19/h3-12H,13-14H2,1-2H3,(H,24,27). The van der Waals surface area contributed by atoms with Gasteiger partial charge in [-0.15, -0.1) is 11.8 Å². The number of nitrogens with zero attached hydrogens (tertiary/aromatic N) is 1. The van der Waals surface area contributed by atoms with Gasteiger partial charge in [-0.1, -0.05) is 17.7 Å². The Kier molecular flexibility index (Phi) is 6.72. The molecule has 0 atom stereocenters. The Labute approximate surface area is 172 Å². The van der Waals surface area contributed by atoms with Gasteiger partial charge in [0.1, 0.15) is 12.4 Å². The van der Waals surface area contributed by atoms with Gasteiger partial charge in [0.2, 0.25) is 11.3 Å². The number of hydrogen-bond donors (Lipinski definition) is 1. The molecule has 0 saturated carbocycles. The van der Waals surface area contributed by atoms with Gasteiger partial charge in [0.15, 0.2) is 5.75 Å². The molecule has 5 nitrogen and oxygen atoms in total. The quantitative estimate of drug-likeness (QED) is 0.590. The van der Waals surface area contributed by atoms with Gasteiger partial charge in [-0.3, -0.25) is 9.59 Å². The van der Waals surface area contributed by atoms with Crippen LogP contribution >= 0.6 is 11.8 Å². The molecule has 0 bridgehead atoms. The van der Waals surface area contributed by atoms with Crippen molar-refractivity contribution in [1.29, 1.82) is 0 Å². The lowest BCUT2D eigenvalue weighted by molar-refractivity contribution is -0.116. The predicted octanol–water partition coefficient (Wildman–Crippen LogP) is 4.24. The molecule has 2 aromatic carbocycles. The molecule has 1 N–H and O–H groups in total. The lowest BCUT2D eigenvalue weighted by atomic mass is 10.2. The number of thioether (sulfide) groups is 1. The first-order valence-electron chi connectivity index (χ1n) is 8.97. The number of anilines is 1. The van der Waals surface area contributed by atoms with Crippen molar-refractivity contribution in [2.24, 2.45) is 0 Å². The summed E-state index contributed by atoms with van der Waals surface area (Å²) in [7, 11) is 1.42. The average molecular weight is 412 g/mol. The van der Waals surface area contributed by atoms with Gasteiger partial charge in [0, 0.05) is 28.1 Å². The Morgan fingerprint density at radius 3 is 2.48 bits per heavy atom. The summed E-state index contributed by atoms with van der Waals surface area (Å²) in [5, 5.41) is 2.85. The third-order valence-electron chi connectivity index (χ3n) is 4.25. The van der Waals surface area contributed by atoms with Gasteiger partial charge >= 0.3 is 0 Å². The minimum Gasteiger partial charge on any atom is -0.491 e. The number of carbonyl (C=O) groups excluding carboxylic acids is 1. The molecule has 3 rings (SSSR count). The first-order valence-corrected chi connectivity index (χ1v) is 9.95. The maximum Gasteiger partial charge on any atom is 0.244 e. The van der Waals surface area contributed by atoms with E-state index in [0.717, 1.165) is 10.5 Å². The van der Waals surface area contributed by atoms with Gasteiger partial charge in [-0.05, 0) is 43.3 Å². The maximum absolute atomic E-state index is 13.1. The number of ether oxygens (including phenoxy) is 1. The fourth-order valence-corrected chi connectivity index (χ4v) is 3.59. The number of aromatic nitrogens is 1. The van der Waals surface area contributed by atoms with Crippen molar-refractivity contribution in [3.05, 3.63) is 88.1 Å². The van der Waals surface area contributed by atoms with E-state index in [-0.39, 0.29) is 29.4 Å². The van der Waals surface area contributed by atoms with E-state index in [9.17, 15) is 14.0 Å². The normalized spacial score (nSPS) is 10.6. The van der Waals surface area contributed by atoms with Crippen LogP contribution in [0.1, 0.15) is 11.3 Å². The van der Waals surface area contributed by atoms with Crippen molar-refractivity contribution in [1.82, 2.24) is 4.57 Å². The van der Waals surface area contributed by atoms with E-state index in [1.807, 2.05) is 31.2 Å². The van der Waals surface area contributed by atoms with E-state index in [4.69, 9.17) is 4.74 Å². The molecule has 0 spiro atoms. The Morgan fingerprint density at radius 2 is 1.83 bits per heavy atom. The van der Waals surface area contributed by atoms with Gasteiger partial charge in [0.25, 0.3) is 0 Å². The molecule has 1 amide bonds. The molecular formula is C22H21FN2O3S. The first-order chi connectivity index (χ1) is 13.9. The van der Waals surface area contributed by atoms with Gasteiger partial charge in [-0.25, -0.2) is 4.39 Å². The molecule has 3 aromatic rings. The molecule has 0 saturated heterocycles. The molecule has 0 radical (unpaired) electrons. The number of nitrogens with one attached hydrogen (secondary N) is 1. The highest BCUT2D eigenvalue weighted by Gasteiger charge is 2.11. The summed E-state index contributed by atoms with van der Waals surface area (Å²) in [5.74, 6) is 0.0996. The molecule has 29 heavy (non-hydrogen) atoms. The second-order valence-electron chi connectivity index (χ2n) is 6.48. The minimum atomic E-state index is -0.302. The molecule has 7 heteroatoms. The smallest absolute Gasteiger partial charge is 0.244 e. The van der Waals surface area contributed by atoms with Crippen molar-refractivity contribution in [2.45, 2.75) is 24.1 Å². The Balaban J connectivity index is 1.77. The van der Waals surface area contributed by atoms with Crippen LogP contribution < -0.4 is 15.5 Å². The SMILES string of the molecule is COc1cn(CC(=O)Nc2ccc(C)cc2)c(CSc2ccc(F)cc2)cc1=O. The molecule has 1 aromatic heterocycles. The highest BCUT2D eigenvalue weighted by Crippen LogP contribution is 2.23. The lowest BCUT2D eigenvalue weighted by Crippen LogP contribution is -2.22. The van der Waals surface area contributed by atoms with Crippen LogP contribution in [0.3, 0.4) is 0 Å². The monoisotopic (exact) mass is 412 g/mol. The number of aryl methyl sites for hydroxylation is 1. The summed E-state index contributed by atoms with van der Waals surface area (Å²) < 4.78 is 19.9. The maximum atomic E-state index is 13.1. The van der Waals surface area contributed by atoms with Crippen LogP contribution in [0.25, 0.3) is 0 Å². The molecule has 0 aliphatic rings. The molecular weight excluding hydrogens is 391 g/mol. The van der Waals surface area contributed by atoms with Crippen molar-refractivity contribution >= 4 is 23.4 Å². The van der Waals surface area contributed by atoms with Crippen molar-refractivity contribution in [2.75, 3.05) is 12.4 Å². The fourth-order valence-electron chi connectivity index (χ4n) is 2.70. The number of methoxy groups -OCH3 is 1. The molecule has 0 aliphatic carbocycles. The van der Waals surface area contributed by atoms with Crippen LogP contribution in [0.2, 0.25) is 0 Å². The van der Waals surface area contributed by atoms with Crippen LogP contribution in [0, 0.1) is 12.7 Å². The van der Waals surface area contributed by atoms with Crippen molar-refractivity contribution in [3.8, 4) is 5.75 Å².